The van der Waals surface area contributed by atoms with Crippen LogP contribution < -0.4 is 5.32 Å². The maximum Gasteiger partial charge on any atom is 0.224 e. The number of nitrogens with one attached hydrogen (secondary N) is 1. The number of aliphatic hydroxyl groups is 1. The molecule has 0 aliphatic heterocycles. The van der Waals surface area contributed by atoms with Crippen LogP contribution in [0.3, 0.4) is 0 Å². The van der Waals surface area contributed by atoms with Gasteiger partial charge in [-0.05, 0) is 37.5 Å². The predicted octanol–water partition coefficient (Wildman–Crippen LogP) is 3.20. The quantitative estimate of drug-likeness (QED) is 0.848. The number of carbonyl (C=O) groups is 1. The number of carbonyl (C=O) groups excluding carboxylic acids is 1. The van der Waals surface area contributed by atoms with Crippen LogP contribution in [0.25, 0.3) is 0 Å². The Morgan fingerprint density at radius 1 is 1.37 bits per heavy atom. The van der Waals surface area contributed by atoms with Crippen LogP contribution in [0, 0.1) is 0 Å². The zero-order valence-corrected chi connectivity index (χ0v) is 12.7. The fraction of sp³-hybridized carbons (Fsp3) is 0.500. The highest BCUT2D eigenvalue weighted by atomic mass is 35.5. The first kappa shape index (κ1) is 16.3. The summed E-state index contributed by atoms with van der Waals surface area (Å²) in [7, 11) is 0. The van der Waals surface area contributed by atoms with Crippen LogP contribution in [0.2, 0.25) is 10.0 Å². The average Bonchev–Trinajstić information content (AvgIpc) is 2.34. The summed E-state index contributed by atoms with van der Waals surface area (Å²) in [4.78, 5) is 12.1. The molecule has 106 valence electrons. The molecular formula is C14H19Cl2NO2. The van der Waals surface area contributed by atoms with Crippen molar-refractivity contribution in [2.24, 2.45) is 0 Å². The summed E-state index contributed by atoms with van der Waals surface area (Å²) in [5.74, 6) is -0.146. The summed E-state index contributed by atoms with van der Waals surface area (Å²) in [6.45, 7) is 3.92. The van der Waals surface area contributed by atoms with E-state index in [0.29, 0.717) is 22.0 Å². The maximum atomic E-state index is 12.1. The normalized spacial score (nSPS) is 13.9. The Kier molecular flexibility index (Phi) is 6.11. The molecular weight excluding hydrogens is 285 g/mol. The van der Waals surface area contributed by atoms with E-state index in [1.165, 1.54) is 0 Å². The van der Waals surface area contributed by atoms with E-state index in [1.807, 2.05) is 13.8 Å². The maximum absolute atomic E-state index is 12.1. The van der Waals surface area contributed by atoms with Gasteiger partial charge in [-0.1, -0.05) is 36.2 Å². The Hall–Kier alpha value is -0.770. The van der Waals surface area contributed by atoms with Crippen LogP contribution in [0.5, 0.6) is 0 Å². The molecule has 1 aromatic rings. The zero-order chi connectivity index (χ0) is 14.5. The van der Waals surface area contributed by atoms with E-state index in [2.05, 4.69) is 5.32 Å². The van der Waals surface area contributed by atoms with Crippen LogP contribution in [0.15, 0.2) is 18.2 Å². The van der Waals surface area contributed by atoms with Crippen molar-refractivity contribution in [2.45, 2.75) is 38.6 Å². The molecule has 0 bridgehead atoms. The average molecular weight is 304 g/mol. The van der Waals surface area contributed by atoms with Gasteiger partial charge in [0.25, 0.3) is 0 Å². The second-order valence-electron chi connectivity index (χ2n) is 4.81. The van der Waals surface area contributed by atoms with Crippen LogP contribution in [0.1, 0.15) is 32.3 Å². The van der Waals surface area contributed by atoms with Gasteiger partial charge in [-0.3, -0.25) is 4.79 Å². The third-order valence-corrected chi connectivity index (χ3v) is 3.99. The molecule has 0 radical (unpaired) electrons. The van der Waals surface area contributed by atoms with Crippen molar-refractivity contribution in [3.05, 3.63) is 33.8 Å². The minimum atomic E-state index is -0.403. The summed E-state index contributed by atoms with van der Waals surface area (Å²) in [6, 6.07) is 5.17. The minimum Gasteiger partial charge on any atom is -0.396 e. The van der Waals surface area contributed by atoms with Gasteiger partial charge >= 0.3 is 0 Å². The first-order chi connectivity index (χ1) is 8.91. The molecule has 1 atom stereocenters. The van der Waals surface area contributed by atoms with Crippen LogP contribution >= 0.6 is 23.2 Å². The van der Waals surface area contributed by atoms with E-state index >= 15 is 0 Å². The Bertz CT molecular complexity index is 431. The molecule has 0 saturated heterocycles. The van der Waals surface area contributed by atoms with Crippen molar-refractivity contribution >= 4 is 29.1 Å². The highest BCUT2D eigenvalue weighted by Gasteiger charge is 2.24. The molecule has 0 aliphatic rings. The molecule has 0 heterocycles. The number of hydrogen-bond acceptors (Lipinski definition) is 2. The first-order valence-electron chi connectivity index (χ1n) is 6.26. The molecule has 0 saturated carbocycles. The van der Waals surface area contributed by atoms with E-state index in [0.717, 1.165) is 6.42 Å². The Morgan fingerprint density at radius 3 is 2.42 bits per heavy atom. The summed E-state index contributed by atoms with van der Waals surface area (Å²) in [5, 5.41) is 12.9. The summed E-state index contributed by atoms with van der Waals surface area (Å²) in [6.07, 6.45) is 1.40. The van der Waals surface area contributed by atoms with Gasteiger partial charge in [0.2, 0.25) is 5.91 Å². The van der Waals surface area contributed by atoms with Crippen LogP contribution in [-0.2, 0) is 11.2 Å². The van der Waals surface area contributed by atoms with Crippen LogP contribution in [-0.4, -0.2) is 23.2 Å². The molecule has 19 heavy (non-hydrogen) atoms. The van der Waals surface area contributed by atoms with Crippen molar-refractivity contribution < 1.29 is 9.90 Å². The first-order valence-corrected chi connectivity index (χ1v) is 7.02. The van der Waals surface area contributed by atoms with Crippen molar-refractivity contribution in [1.29, 1.82) is 0 Å². The highest BCUT2D eigenvalue weighted by Crippen LogP contribution is 2.25. The lowest BCUT2D eigenvalue weighted by molar-refractivity contribution is -0.122. The Balaban J connectivity index is 2.75. The van der Waals surface area contributed by atoms with Gasteiger partial charge < -0.3 is 10.4 Å². The van der Waals surface area contributed by atoms with Crippen molar-refractivity contribution in [3.8, 4) is 0 Å². The lowest BCUT2D eigenvalue weighted by atomic mass is 9.94. The number of benzene rings is 1. The van der Waals surface area contributed by atoms with E-state index in [9.17, 15) is 4.79 Å². The van der Waals surface area contributed by atoms with Gasteiger partial charge in [-0.15, -0.1) is 0 Å². The smallest absolute Gasteiger partial charge is 0.224 e. The molecule has 0 spiro atoms. The van der Waals surface area contributed by atoms with Gasteiger partial charge in [-0.2, -0.15) is 0 Å². The second-order valence-corrected chi connectivity index (χ2v) is 5.63. The fourth-order valence-corrected chi connectivity index (χ4v) is 2.35. The number of rotatable bonds is 6. The molecule has 1 amide bonds. The molecule has 1 aromatic carbocycles. The Morgan fingerprint density at radius 2 is 1.95 bits per heavy atom. The van der Waals surface area contributed by atoms with Crippen molar-refractivity contribution in [3.63, 3.8) is 0 Å². The third kappa shape index (κ3) is 4.68. The summed E-state index contributed by atoms with van der Waals surface area (Å²) >= 11 is 12.1. The standard InChI is InChI=1S/C14H19Cl2NO2/c1-3-14(2,7-8-18)17-13(19)9-10-11(15)5-4-6-12(10)16/h4-6,18H,3,7-9H2,1-2H3,(H,17,19). The lowest BCUT2D eigenvalue weighted by Gasteiger charge is -2.29. The van der Waals surface area contributed by atoms with E-state index in [1.54, 1.807) is 18.2 Å². The highest BCUT2D eigenvalue weighted by molar-refractivity contribution is 6.36. The summed E-state index contributed by atoms with van der Waals surface area (Å²) in [5.41, 5.74) is 0.227. The molecule has 0 aromatic heterocycles. The fourth-order valence-electron chi connectivity index (χ4n) is 1.82. The predicted molar refractivity (Wildman–Crippen MR) is 78.7 cm³/mol. The topological polar surface area (TPSA) is 49.3 Å². The monoisotopic (exact) mass is 303 g/mol. The van der Waals surface area contributed by atoms with Gasteiger partial charge in [0, 0.05) is 22.2 Å². The van der Waals surface area contributed by atoms with E-state index in [4.69, 9.17) is 28.3 Å². The van der Waals surface area contributed by atoms with Gasteiger partial charge in [0.15, 0.2) is 0 Å². The molecule has 0 aliphatic carbocycles. The third-order valence-electron chi connectivity index (χ3n) is 3.28. The molecule has 5 heteroatoms. The number of hydrogen-bond donors (Lipinski definition) is 2. The van der Waals surface area contributed by atoms with Gasteiger partial charge in [0.1, 0.15) is 0 Å². The van der Waals surface area contributed by atoms with Crippen molar-refractivity contribution in [2.75, 3.05) is 6.61 Å². The number of amides is 1. The molecule has 2 N–H and O–H groups in total. The van der Waals surface area contributed by atoms with Gasteiger partial charge in [-0.25, -0.2) is 0 Å². The van der Waals surface area contributed by atoms with E-state index in [-0.39, 0.29) is 18.9 Å². The number of aliphatic hydroxyl groups excluding tert-OH is 1. The Labute approximate surface area is 123 Å². The molecule has 0 fully saturated rings. The van der Waals surface area contributed by atoms with Crippen molar-refractivity contribution in [1.82, 2.24) is 5.32 Å². The minimum absolute atomic E-state index is 0.0392. The zero-order valence-electron chi connectivity index (χ0n) is 11.2. The molecule has 3 nitrogen and oxygen atoms in total. The van der Waals surface area contributed by atoms with Gasteiger partial charge in [0.05, 0.1) is 6.42 Å². The van der Waals surface area contributed by atoms with E-state index < -0.39 is 5.54 Å². The number of halogens is 2. The second kappa shape index (κ2) is 7.13. The lowest BCUT2D eigenvalue weighted by Crippen LogP contribution is -2.46. The SMILES string of the molecule is CCC(C)(CCO)NC(=O)Cc1c(Cl)cccc1Cl. The largest absolute Gasteiger partial charge is 0.396 e. The van der Waals surface area contributed by atoms with Crippen LogP contribution in [0.4, 0.5) is 0 Å². The molecule has 1 unspecified atom stereocenters. The molecule has 1 rings (SSSR count). The summed E-state index contributed by atoms with van der Waals surface area (Å²) < 4.78 is 0.